The molecule has 2 aromatic carbocycles. The SMILES string of the molecule is O=C(O)c1nn(Cc2cccc(Cl)c2)c(=O)c2ccccc12. The van der Waals surface area contributed by atoms with Crippen molar-refractivity contribution in [2.75, 3.05) is 0 Å². The highest BCUT2D eigenvalue weighted by molar-refractivity contribution is 6.30. The molecule has 0 saturated heterocycles. The molecule has 0 spiro atoms. The third-order valence-electron chi connectivity index (χ3n) is 3.29. The summed E-state index contributed by atoms with van der Waals surface area (Å²) in [6, 6.07) is 13.6. The van der Waals surface area contributed by atoms with Crippen LogP contribution in [0.5, 0.6) is 0 Å². The van der Waals surface area contributed by atoms with Crippen LogP contribution in [0.15, 0.2) is 53.3 Å². The molecule has 0 bridgehead atoms. The first-order chi connectivity index (χ1) is 10.6. The summed E-state index contributed by atoms with van der Waals surface area (Å²) in [5, 5.41) is 14.5. The second kappa shape index (κ2) is 5.61. The van der Waals surface area contributed by atoms with Gasteiger partial charge in [0.1, 0.15) is 0 Å². The number of rotatable bonds is 3. The number of carboxylic acids is 1. The molecule has 1 N–H and O–H groups in total. The molecule has 6 heteroatoms. The summed E-state index contributed by atoms with van der Waals surface area (Å²) < 4.78 is 1.15. The van der Waals surface area contributed by atoms with Gasteiger partial charge in [-0.15, -0.1) is 0 Å². The first-order valence-corrected chi connectivity index (χ1v) is 6.91. The molecule has 1 aromatic heterocycles. The lowest BCUT2D eigenvalue weighted by Gasteiger charge is -2.09. The van der Waals surface area contributed by atoms with Gasteiger partial charge in [0.25, 0.3) is 5.56 Å². The Morgan fingerprint density at radius 2 is 1.86 bits per heavy atom. The third-order valence-corrected chi connectivity index (χ3v) is 3.53. The molecule has 110 valence electrons. The molecule has 0 aliphatic carbocycles. The van der Waals surface area contributed by atoms with Crippen LogP contribution in [0.1, 0.15) is 16.1 Å². The molecule has 3 aromatic rings. The first-order valence-electron chi connectivity index (χ1n) is 6.54. The molecular formula is C16H11ClN2O3. The summed E-state index contributed by atoms with van der Waals surface area (Å²) in [5.74, 6) is -1.17. The number of fused-ring (bicyclic) bond motifs is 1. The lowest BCUT2D eigenvalue weighted by molar-refractivity contribution is 0.0690. The van der Waals surface area contributed by atoms with Gasteiger partial charge in [-0.2, -0.15) is 5.10 Å². The van der Waals surface area contributed by atoms with Crippen molar-refractivity contribution in [3.63, 3.8) is 0 Å². The predicted octanol–water partition coefficient (Wildman–Crippen LogP) is 2.80. The van der Waals surface area contributed by atoms with Gasteiger partial charge in [0.15, 0.2) is 5.69 Å². The van der Waals surface area contributed by atoms with Crippen molar-refractivity contribution in [2.24, 2.45) is 0 Å². The van der Waals surface area contributed by atoms with Crippen LogP contribution in [0.2, 0.25) is 5.02 Å². The van der Waals surface area contributed by atoms with Gasteiger partial charge in [0.2, 0.25) is 0 Å². The van der Waals surface area contributed by atoms with Gasteiger partial charge in [-0.3, -0.25) is 4.79 Å². The highest BCUT2D eigenvalue weighted by Crippen LogP contribution is 2.15. The monoisotopic (exact) mass is 314 g/mol. The van der Waals surface area contributed by atoms with Crippen LogP contribution in [-0.4, -0.2) is 20.9 Å². The second-order valence-electron chi connectivity index (χ2n) is 4.79. The Morgan fingerprint density at radius 1 is 1.14 bits per heavy atom. The van der Waals surface area contributed by atoms with E-state index in [9.17, 15) is 14.7 Å². The van der Waals surface area contributed by atoms with E-state index >= 15 is 0 Å². The smallest absolute Gasteiger partial charge is 0.357 e. The van der Waals surface area contributed by atoms with Crippen molar-refractivity contribution in [2.45, 2.75) is 6.54 Å². The van der Waals surface area contributed by atoms with E-state index in [0.717, 1.165) is 10.2 Å². The van der Waals surface area contributed by atoms with E-state index < -0.39 is 5.97 Å². The van der Waals surface area contributed by atoms with E-state index in [2.05, 4.69) is 5.10 Å². The Kier molecular flexibility index (Phi) is 3.65. The fourth-order valence-corrected chi connectivity index (χ4v) is 2.52. The predicted molar refractivity (Wildman–Crippen MR) is 83.5 cm³/mol. The van der Waals surface area contributed by atoms with Crippen LogP contribution in [0.3, 0.4) is 0 Å². The van der Waals surface area contributed by atoms with Crippen molar-refractivity contribution in [3.8, 4) is 0 Å². The number of hydrogen-bond acceptors (Lipinski definition) is 3. The van der Waals surface area contributed by atoms with Crippen molar-refractivity contribution in [1.29, 1.82) is 0 Å². The molecule has 5 nitrogen and oxygen atoms in total. The molecule has 0 amide bonds. The molecule has 0 fully saturated rings. The van der Waals surface area contributed by atoms with Crippen molar-refractivity contribution in [1.82, 2.24) is 9.78 Å². The molecule has 0 saturated carbocycles. The van der Waals surface area contributed by atoms with E-state index in [0.29, 0.717) is 15.8 Å². The minimum absolute atomic E-state index is 0.141. The molecular weight excluding hydrogens is 304 g/mol. The largest absolute Gasteiger partial charge is 0.476 e. The van der Waals surface area contributed by atoms with Gasteiger partial charge in [-0.1, -0.05) is 41.9 Å². The van der Waals surface area contributed by atoms with Crippen molar-refractivity contribution >= 4 is 28.3 Å². The van der Waals surface area contributed by atoms with E-state index in [4.69, 9.17) is 11.6 Å². The Balaban J connectivity index is 2.20. The quantitative estimate of drug-likeness (QED) is 0.807. The number of benzene rings is 2. The van der Waals surface area contributed by atoms with Gasteiger partial charge in [-0.25, -0.2) is 9.48 Å². The maximum absolute atomic E-state index is 12.5. The Morgan fingerprint density at radius 3 is 2.55 bits per heavy atom. The summed E-state index contributed by atoms with van der Waals surface area (Å²) in [5.41, 5.74) is 0.298. The lowest BCUT2D eigenvalue weighted by atomic mass is 10.1. The van der Waals surface area contributed by atoms with Gasteiger partial charge in [0.05, 0.1) is 11.9 Å². The van der Waals surface area contributed by atoms with Gasteiger partial charge in [0, 0.05) is 10.4 Å². The fourth-order valence-electron chi connectivity index (χ4n) is 2.31. The zero-order chi connectivity index (χ0) is 15.7. The number of carboxylic acid groups (broad SMARTS) is 1. The summed E-state index contributed by atoms with van der Waals surface area (Å²) in [6.07, 6.45) is 0. The Bertz CT molecular complexity index is 934. The van der Waals surface area contributed by atoms with Crippen LogP contribution in [0, 0.1) is 0 Å². The number of aromatic carboxylic acids is 1. The van der Waals surface area contributed by atoms with E-state index in [1.807, 2.05) is 0 Å². The van der Waals surface area contributed by atoms with Gasteiger partial charge >= 0.3 is 5.97 Å². The summed E-state index contributed by atoms with van der Waals surface area (Å²) in [4.78, 5) is 23.9. The fraction of sp³-hybridized carbons (Fsp3) is 0.0625. The third kappa shape index (κ3) is 2.58. The van der Waals surface area contributed by atoms with Crippen LogP contribution in [0.25, 0.3) is 10.8 Å². The standard InChI is InChI=1S/C16H11ClN2O3/c17-11-5-3-4-10(8-11)9-19-15(20)13-7-2-1-6-12(13)14(18-19)16(21)22/h1-8H,9H2,(H,21,22). The average molecular weight is 315 g/mol. The Labute approximate surface area is 130 Å². The second-order valence-corrected chi connectivity index (χ2v) is 5.23. The molecule has 0 aliphatic heterocycles. The molecule has 0 aliphatic rings. The number of carbonyl (C=O) groups is 1. The van der Waals surface area contributed by atoms with E-state index in [1.54, 1.807) is 48.5 Å². The summed E-state index contributed by atoms with van der Waals surface area (Å²) in [7, 11) is 0. The molecule has 1 heterocycles. The zero-order valence-electron chi connectivity index (χ0n) is 11.4. The minimum atomic E-state index is -1.17. The zero-order valence-corrected chi connectivity index (χ0v) is 12.1. The van der Waals surface area contributed by atoms with Crippen LogP contribution in [-0.2, 0) is 6.54 Å². The van der Waals surface area contributed by atoms with Crippen molar-refractivity contribution < 1.29 is 9.90 Å². The minimum Gasteiger partial charge on any atom is -0.476 e. The maximum atomic E-state index is 12.5. The Hall–Kier alpha value is -2.66. The maximum Gasteiger partial charge on any atom is 0.357 e. The summed E-state index contributed by atoms with van der Waals surface area (Å²) in [6.45, 7) is 0.157. The summed E-state index contributed by atoms with van der Waals surface area (Å²) >= 11 is 5.93. The van der Waals surface area contributed by atoms with Crippen LogP contribution in [0.4, 0.5) is 0 Å². The highest BCUT2D eigenvalue weighted by Gasteiger charge is 2.15. The average Bonchev–Trinajstić information content (AvgIpc) is 2.50. The van der Waals surface area contributed by atoms with Crippen LogP contribution < -0.4 is 5.56 Å². The molecule has 3 rings (SSSR count). The lowest BCUT2D eigenvalue weighted by Crippen LogP contribution is -2.26. The molecule has 0 unspecified atom stereocenters. The normalized spacial score (nSPS) is 10.8. The number of hydrogen-bond donors (Lipinski definition) is 1. The van der Waals surface area contributed by atoms with E-state index in [1.165, 1.54) is 0 Å². The van der Waals surface area contributed by atoms with Gasteiger partial charge < -0.3 is 5.11 Å². The van der Waals surface area contributed by atoms with Crippen molar-refractivity contribution in [3.05, 3.63) is 75.2 Å². The number of halogens is 1. The topological polar surface area (TPSA) is 72.2 Å². The van der Waals surface area contributed by atoms with Gasteiger partial charge in [-0.05, 0) is 23.8 Å². The first kappa shape index (κ1) is 14.3. The van der Waals surface area contributed by atoms with E-state index in [-0.39, 0.29) is 17.8 Å². The molecule has 0 radical (unpaired) electrons. The number of nitrogens with zero attached hydrogens (tertiary/aromatic N) is 2. The molecule has 22 heavy (non-hydrogen) atoms. The van der Waals surface area contributed by atoms with Crippen LogP contribution >= 0.6 is 11.6 Å². The highest BCUT2D eigenvalue weighted by atomic mass is 35.5. The number of aromatic nitrogens is 2. The molecule has 0 atom stereocenters.